The van der Waals surface area contributed by atoms with Gasteiger partial charge in [-0.3, -0.25) is 4.57 Å². The molecule has 0 radical (unpaired) electrons. The summed E-state index contributed by atoms with van der Waals surface area (Å²) in [7, 11) is 0. The number of hydrogen-bond donors (Lipinski definition) is 0. The topological polar surface area (TPSA) is 42.5 Å². The molecule has 10 heteroatoms. The summed E-state index contributed by atoms with van der Waals surface area (Å²) >= 11 is 5.60. The quantitative estimate of drug-likeness (QED) is 0.127. The second-order valence-electron chi connectivity index (χ2n) is 36.0. The van der Waals surface area contributed by atoms with Crippen LogP contribution in [0.3, 0.4) is 0 Å². The largest absolute Gasteiger partial charge is 0.309 e. The maximum Gasteiger partial charge on any atom is 0.156 e. The molecule has 0 unspecified atom stereocenters. The van der Waals surface area contributed by atoms with Crippen LogP contribution in [0.2, 0.25) is 0 Å². The molecule has 0 bridgehead atoms. The molecule has 30 rings (SSSR count). The Hall–Kier alpha value is -17.0. The van der Waals surface area contributed by atoms with E-state index in [0.29, 0.717) is 0 Å². The molecule has 0 aliphatic rings. The van der Waals surface area contributed by atoms with Crippen molar-refractivity contribution in [2.75, 3.05) is 0 Å². The number of hydrogen-bond acceptors (Lipinski definition) is 4. The maximum absolute atomic E-state index is 6.17. The minimum Gasteiger partial charge on any atom is -0.309 e. The van der Waals surface area contributed by atoms with E-state index in [9.17, 15) is 0 Å². The lowest BCUT2D eigenvalue weighted by Crippen LogP contribution is -2.01. The number of fused-ring (bicyclic) bond motifs is 27. The smallest absolute Gasteiger partial charge is 0.156 e. The Morgan fingerprint density at radius 3 is 1.10 bits per heavy atom. The third kappa shape index (κ3) is 11.1. The number of rotatable bonds is 11. The number of benzene rings is 20. The van der Waals surface area contributed by atoms with E-state index in [4.69, 9.17) is 4.98 Å². The molecule has 0 N–H and O–H groups in total. The Morgan fingerprint density at radius 1 is 0.156 bits per heavy atom. The van der Waals surface area contributed by atoms with Crippen LogP contribution in [0, 0.1) is 0 Å². The fraction of sp³-hybridized carbons (Fsp3) is 0. The van der Waals surface area contributed by atoms with Crippen molar-refractivity contribution in [1.29, 1.82) is 0 Å². The molecular weight excluding hydrogens is 1700 g/mol. The Labute approximate surface area is 784 Å². The molecule has 0 atom stereocenters. The summed E-state index contributed by atoms with van der Waals surface area (Å²) in [4.78, 5) is 6.17. The van der Waals surface area contributed by atoms with Gasteiger partial charge in [0.1, 0.15) is 0 Å². The van der Waals surface area contributed by atoms with Crippen molar-refractivity contribution < 1.29 is 0 Å². The van der Waals surface area contributed by atoms with Crippen LogP contribution >= 0.6 is 34.0 Å². The van der Waals surface area contributed by atoms with E-state index in [1.807, 2.05) is 34.0 Å². The lowest BCUT2D eigenvalue weighted by molar-refractivity contribution is 1.11. The fourth-order valence-electron chi connectivity index (χ4n) is 22.8. The first-order valence-electron chi connectivity index (χ1n) is 46.1. The number of para-hydroxylation sites is 9. The van der Waals surface area contributed by atoms with Gasteiger partial charge in [0.15, 0.2) is 5.82 Å². The second kappa shape index (κ2) is 28.8. The summed E-state index contributed by atoms with van der Waals surface area (Å²) in [6.07, 6.45) is 0. The van der Waals surface area contributed by atoms with E-state index in [1.54, 1.807) is 0 Å². The number of thiophene rings is 3. The van der Waals surface area contributed by atoms with E-state index in [2.05, 4.69) is 470 Å². The van der Waals surface area contributed by atoms with Crippen LogP contribution in [0.25, 0.3) is 281 Å². The predicted octanol–water partition coefficient (Wildman–Crippen LogP) is 35.1. The van der Waals surface area contributed by atoms with E-state index < -0.39 is 0 Å². The van der Waals surface area contributed by atoms with Gasteiger partial charge in [0, 0.05) is 150 Å². The first kappa shape index (κ1) is 74.8. The van der Waals surface area contributed by atoms with Crippen LogP contribution < -0.4 is 0 Å². The summed E-state index contributed by atoms with van der Waals surface area (Å²) in [5.74, 6) is 0.896. The Morgan fingerprint density at radius 2 is 0.519 bits per heavy atom. The van der Waals surface area contributed by atoms with Gasteiger partial charge in [0.25, 0.3) is 0 Å². The van der Waals surface area contributed by atoms with Crippen LogP contribution in [0.4, 0.5) is 0 Å². The molecule has 20 aromatic carbocycles. The standard InChI is InChI=1S/C125H73N7S3/c1-2-28-82(29-3-1)127-110-45-18-10-36-92(110)99-66-75(53-58-114(99)127)76-54-59-116-100(67-76)94-57-52-77(70-118(94)131(116)117-49-25-40-97-95-38-12-22-50-119(95)134-123(97)117)80-68-98(122-103(69-80)96-39-13-23-51-120(96)133-122)78-27-24-26-74(62-78)79-63-81(65-85(64-79)130-111-46-19-11-37-93(111)101-71-83(55-60-115(101)130)128-106-41-14-4-30-86(106)87-31-5-15-42-107(87)128)105-73-104-102-72-84(129-108-43-16-6-32-88(108)89-33-7-17-44-109(89)129)56-61-121(102)135-124(104)125(126-105)132-112-47-20-8-34-90(112)91-35-9-21-48-113(91)132/h1-73H. The van der Waals surface area contributed by atoms with Crippen LogP contribution in [-0.2, 0) is 0 Å². The molecule has 0 saturated heterocycles. The summed E-state index contributed by atoms with van der Waals surface area (Å²) in [6.45, 7) is 0. The second-order valence-corrected chi connectivity index (χ2v) is 39.1. The third-order valence-corrected chi connectivity index (χ3v) is 32.4. The predicted molar refractivity (Wildman–Crippen MR) is 576 cm³/mol. The Bertz CT molecular complexity index is 10200. The molecule has 626 valence electrons. The van der Waals surface area contributed by atoms with Crippen molar-refractivity contribution in [3.05, 3.63) is 443 Å². The van der Waals surface area contributed by atoms with Gasteiger partial charge in [-0.05, 0) is 227 Å². The van der Waals surface area contributed by atoms with E-state index >= 15 is 0 Å². The van der Waals surface area contributed by atoms with E-state index in [-0.39, 0.29) is 0 Å². The molecule has 0 aliphatic heterocycles. The summed E-state index contributed by atoms with van der Waals surface area (Å²) in [5.41, 5.74) is 30.4. The minimum atomic E-state index is 0.869. The van der Waals surface area contributed by atoms with E-state index in [1.165, 1.54) is 171 Å². The molecule has 0 fully saturated rings. The van der Waals surface area contributed by atoms with Crippen molar-refractivity contribution in [3.8, 4) is 90.0 Å². The van der Waals surface area contributed by atoms with Gasteiger partial charge >= 0.3 is 0 Å². The maximum atomic E-state index is 6.17. The zero-order chi connectivity index (χ0) is 87.9. The van der Waals surface area contributed by atoms with Crippen molar-refractivity contribution in [3.63, 3.8) is 0 Å². The van der Waals surface area contributed by atoms with Gasteiger partial charge in [0.2, 0.25) is 0 Å². The number of aromatic nitrogens is 7. The molecule has 0 amide bonds. The van der Waals surface area contributed by atoms with Crippen LogP contribution in [0.5, 0.6) is 0 Å². The molecule has 10 aromatic heterocycles. The highest BCUT2D eigenvalue weighted by Gasteiger charge is 2.28. The lowest BCUT2D eigenvalue weighted by Gasteiger charge is -2.16. The minimum absolute atomic E-state index is 0.869. The molecule has 7 nitrogen and oxygen atoms in total. The summed E-state index contributed by atoms with van der Waals surface area (Å²) in [6, 6.07) is 166. The van der Waals surface area contributed by atoms with Gasteiger partial charge in [0.05, 0.1) is 87.0 Å². The van der Waals surface area contributed by atoms with Gasteiger partial charge in [-0.15, -0.1) is 34.0 Å². The highest BCUT2D eigenvalue weighted by atomic mass is 32.1. The monoisotopic (exact) mass is 1770 g/mol. The fourth-order valence-corrected chi connectivity index (χ4v) is 26.4. The first-order valence-corrected chi connectivity index (χ1v) is 48.6. The molecule has 0 saturated carbocycles. The molecule has 0 aliphatic carbocycles. The van der Waals surface area contributed by atoms with Gasteiger partial charge in [-0.2, -0.15) is 0 Å². The van der Waals surface area contributed by atoms with Crippen molar-refractivity contribution in [2.45, 2.75) is 0 Å². The highest BCUT2D eigenvalue weighted by Crippen LogP contribution is 2.51. The average Bonchev–Trinajstić information content (AvgIpc) is 1.58. The highest BCUT2D eigenvalue weighted by molar-refractivity contribution is 7.27. The molecule has 30 aromatic rings. The van der Waals surface area contributed by atoms with Gasteiger partial charge in [-0.25, -0.2) is 4.98 Å². The molecule has 10 heterocycles. The van der Waals surface area contributed by atoms with Crippen molar-refractivity contribution >= 4 is 225 Å². The molecule has 0 spiro atoms. The number of nitrogens with zero attached hydrogens (tertiary/aromatic N) is 7. The van der Waals surface area contributed by atoms with Crippen molar-refractivity contribution in [1.82, 2.24) is 32.4 Å². The van der Waals surface area contributed by atoms with Gasteiger partial charge < -0.3 is 22.8 Å². The van der Waals surface area contributed by atoms with E-state index in [0.717, 1.165) is 111 Å². The zero-order valence-electron chi connectivity index (χ0n) is 72.5. The van der Waals surface area contributed by atoms with Gasteiger partial charge in [-0.1, -0.05) is 255 Å². The Kier molecular flexibility index (Phi) is 15.9. The zero-order valence-corrected chi connectivity index (χ0v) is 75.0. The van der Waals surface area contributed by atoms with Crippen molar-refractivity contribution in [2.24, 2.45) is 0 Å². The number of pyridine rings is 1. The molecule has 135 heavy (non-hydrogen) atoms. The van der Waals surface area contributed by atoms with Crippen LogP contribution in [0.1, 0.15) is 0 Å². The summed E-state index contributed by atoms with van der Waals surface area (Å²) < 4.78 is 22.2. The normalized spacial score (nSPS) is 12.3. The Balaban J connectivity index is 0.633. The van der Waals surface area contributed by atoms with Crippen LogP contribution in [0.15, 0.2) is 443 Å². The lowest BCUT2D eigenvalue weighted by atomic mass is 9.93. The van der Waals surface area contributed by atoms with Crippen LogP contribution in [-0.4, -0.2) is 32.4 Å². The summed E-state index contributed by atoms with van der Waals surface area (Å²) in [5, 5.41) is 21.9. The molecular formula is C125H73N7S3. The first-order chi connectivity index (χ1) is 66.9. The average molecular weight is 1770 g/mol. The third-order valence-electron chi connectivity index (χ3n) is 28.7. The SMILES string of the molecule is c1ccc(-n2c3ccccc3c3cc(-c4ccc5c(c4)c4ccc(-c6cc(-c7cccc(-c8cc(-c9cc%10c(sc%11ccc(-n%12c%13ccccc%13c%13ccccc%13%12)cc%11%10)c(-n%10c%11ccccc%11c%11ccccc%11%10)n9)cc(-n9c%10ccccc%10c%10cc(-n%11c%12ccccc%12c%12ccccc%12%11)ccc%109)c8)c7)c7sc8ccccc8c7c6)cc4n5-c4cccc5c4sc4ccccc45)ccc32)cc1.